The van der Waals surface area contributed by atoms with Gasteiger partial charge in [0, 0.05) is 13.0 Å². The molecule has 0 aromatic carbocycles. The average Bonchev–Trinajstić information content (AvgIpc) is 3.44. The lowest BCUT2D eigenvalue weighted by molar-refractivity contribution is -0.332. The highest BCUT2D eigenvalue weighted by atomic mass is 16.7. The summed E-state index contributed by atoms with van der Waals surface area (Å²) in [7, 11) is 0. The molecule has 0 radical (unpaired) electrons. The van der Waals surface area contributed by atoms with Crippen LogP contribution < -0.4 is 0 Å². The van der Waals surface area contributed by atoms with Gasteiger partial charge in [-0.1, -0.05) is 243 Å². The first-order valence-corrected chi connectivity index (χ1v) is 32.1. The lowest BCUT2D eigenvalue weighted by Crippen LogP contribution is -2.61. The van der Waals surface area contributed by atoms with E-state index in [0.29, 0.717) is 13.0 Å². The molecule has 14 heteroatoms. The molecule has 2 aliphatic rings. The van der Waals surface area contributed by atoms with Gasteiger partial charge in [0.05, 0.1) is 26.4 Å². The molecule has 14 nitrogen and oxygen atoms in total. The third-order valence-electron chi connectivity index (χ3n) is 15.4. The summed E-state index contributed by atoms with van der Waals surface area (Å²) in [5.74, 6) is -0.375. The maximum Gasteiger partial charge on any atom is 0.306 e. The Morgan fingerprint density at radius 1 is 0.423 bits per heavy atom. The zero-order chi connectivity index (χ0) is 56.5. The lowest BCUT2D eigenvalue weighted by atomic mass is 9.98. The molecule has 11 unspecified atom stereocenters. The van der Waals surface area contributed by atoms with Crippen LogP contribution in [0.1, 0.15) is 264 Å². The number of aliphatic hydroxyl groups excluding tert-OH is 7. The second-order valence-electron chi connectivity index (χ2n) is 22.6. The fourth-order valence-corrected chi connectivity index (χ4v) is 10.2. The largest absolute Gasteiger partial charge is 0.457 e. The van der Waals surface area contributed by atoms with Crippen LogP contribution in [0.5, 0.6) is 0 Å². The maximum atomic E-state index is 13.1. The van der Waals surface area contributed by atoms with Gasteiger partial charge in [-0.15, -0.1) is 0 Å². The van der Waals surface area contributed by atoms with Crippen molar-refractivity contribution in [1.29, 1.82) is 0 Å². The first kappa shape index (κ1) is 72.3. The van der Waals surface area contributed by atoms with Gasteiger partial charge in [0.1, 0.15) is 54.9 Å². The van der Waals surface area contributed by atoms with E-state index in [2.05, 4.69) is 50.3 Å². The highest BCUT2D eigenvalue weighted by Gasteiger charge is 2.47. The van der Waals surface area contributed by atoms with Crippen LogP contribution in [0.2, 0.25) is 0 Å². The van der Waals surface area contributed by atoms with Crippen molar-refractivity contribution in [3.05, 3.63) is 36.5 Å². The Morgan fingerprint density at radius 2 is 0.795 bits per heavy atom. The van der Waals surface area contributed by atoms with E-state index >= 15 is 0 Å². The first-order chi connectivity index (χ1) is 38.1. The van der Waals surface area contributed by atoms with E-state index in [-0.39, 0.29) is 25.6 Å². The summed E-state index contributed by atoms with van der Waals surface area (Å²) in [6, 6.07) is 0. The summed E-state index contributed by atoms with van der Waals surface area (Å²) in [5.41, 5.74) is 0. The smallest absolute Gasteiger partial charge is 0.306 e. The van der Waals surface area contributed by atoms with Crippen molar-refractivity contribution in [1.82, 2.24) is 0 Å². The van der Waals surface area contributed by atoms with Gasteiger partial charge in [-0.05, 0) is 51.4 Å². The zero-order valence-corrected chi connectivity index (χ0v) is 49.4. The summed E-state index contributed by atoms with van der Waals surface area (Å²) in [5, 5.41) is 72.5. The molecule has 2 saturated heterocycles. The number of esters is 1. The fourth-order valence-electron chi connectivity index (χ4n) is 10.2. The standard InChI is InChI=1S/C64H118O14/c1-3-5-7-9-11-13-15-17-19-21-23-24-25-26-27-28-29-31-33-35-37-39-41-43-45-47-56(66)76-53(50-73-48-46-44-42-40-38-36-34-32-30-22-20-18-16-14-12-10-8-6-4-2)51-74-63-62(72)60(70)58(68)55(78-63)52-75-64-61(71)59(69)57(67)54(49-65)77-64/h15,17,21,23,25-26,53-55,57-65,67-72H,3-14,16,18-20,22,24,27-52H2,1-2H3/b17-15-,23-21-,26-25-. The van der Waals surface area contributed by atoms with Crippen molar-refractivity contribution in [3.8, 4) is 0 Å². The second kappa shape index (κ2) is 50.9. The molecule has 78 heavy (non-hydrogen) atoms. The number of aliphatic hydroxyl groups is 7. The van der Waals surface area contributed by atoms with Crippen LogP contribution in [0.15, 0.2) is 36.5 Å². The van der Waals surface area contributed by atoms with Gasteiger partial charge < -0.3 is 64.2 Å². The Bertz CT molecular complexity index is 1430. The van der Waals surface area contributed by atoms with Crippen molar-refractivity contribution in [2.45, 2.75) is 332 Å². The van der Waals surface area contributed by atoms with Crippen LogP contribution in [-0.2, 0) is 33.2 Å². The highest BCUT2D eigenvalue weighted by molar-refractivity contribution is 5.69. The van der Waals surface area contributed by atoms with Crippen LogP contribution in [0, 0.1) is 0 Å². The number of carbonyl (C=O) groups is 1. The Balaban J connectivity index is 1.67. The third kappa shape index (κ3) is 36.6. The summed E-state index contributed by atoms with van der Waals surface area (Å²) in [6.07, 6.45) is 44.9. The van der Waals surface area contributed by atoms with Gasteiger partial charge in [0.2, 0.25) is 0 Å². The van der Waals surface area contributed by atoms with Crippen LogP contribution in [-0.4, -0.2) is 142 Å². The predicted octanol–water partition coefficient (Wildman–Crippen LogP) is 12.5. The number of unbranched alkanes of at least 4 members (excludes halogenated alkanes) is 33. The molecule has 2 rings (SSSR count). The Hall–Kier alpha value is -1.79. The number of allylic oxidation sites excluding steroid dienone is 6. The van der Waals surface area contributed by atoms with Crippen molar-refractivity contribution in [2.24, 2.45) is 0 Å². The molecule has 2 aliphatic heterocycles. The highest BCUT2D eigenvalue weighted by Crippen LogP contribution is 2.27. The molecule has 0 spiro atoms. The summed E-state index contributed by atoms with van der Waals surface area (Å²) < 4.78 is 34.5. The van der Waals surface area contributed by atoms with E-state index in [9.17, 15) is 40.5 Å². The van der Waals surface area contributed by atoms with Crippen molar-refractivity contribution in [3.63, 3.8) is 0 Å². The molecular formula is C64H118O14. The minimum Gasteiger partial charge on any atom is -0.457 e. The normalized spacial score (nSPS) is 24.3. The topological polar surface area (TPSA) is 214 Å². The van der Waals surface area contributed by atoms with E-state index in [1.165, 1.54) is 180 Å². The molecule has 0 amide bonds. The van der Waals surface area contributed by atoms with Crippen molar-refractivity contribution in [2.75, 3.05) is 33.0 Å². The van der Waals surface area contributed by atoms with E-state index in [0.717, 1.165) is 57.8 Å². The van der Waals surface area contributed by atoms with E-state index < -0.39 is 80.7 Å². The Morgan fingerprint density at radius 3 is 1.24 bits per heavy atom. The quantitative estimate of drug-likeness (QED) is 0.0172. The molecule has 2 fully saturated rings. The Labute approximate surface area is 474 Å². The molecule has 0 saturated carbocycles. The molecule has 0 aromatic heterocycles. The number of rotatable bonds is 53. The van der Waals surface area contributed by atoms with Crippen molar-refractivity contribution < 1.29 is 69.0 Å². The molecule has 11 atom stereocenters. The fraction of sp³-hybridized carbons (Fsp3) is 0.891. The number of carbonyl (C=O) groups excluding carboxylic acids is 1. The van der Waals surface area contributed by atoms with Gasteiger partial charge in [0.15, 0.2) is 12.6 Å². The molecule has 0 bridgehead atoms. The van der Waals surface area contributed by atoms with Crippen LogP contribution >= 0.6 is 0 Å². The van der Waals surface area contributed by atoms with Gasteiger partial charge in [-0.3, -0.25) is 4.79 Å². The van der Waals surface area contributed by atoms with Gasteiger partial charge in [0.25, 0.3) is 0 Å². The van der Waals surface area contributed by atoms with E-state index in [1.807, 2.05) is 0 Å². The Kier molecular flexibility index (Phi) is 47.2. The average molecular weight is 1110 g/mol. The van der Waals surface area contributed by atoms with E-state index in [1.54, 1.807) is 0 Å². The third-order valence-corrected chi connectivity index (χ3v) is 15.4. The van der Waals surface area contributed by atoms with Gasteiger partial charge >= 0.3 is 5.97 Å². The monoisotopic (exact) mass is 1110 g/mol. The molecule has 458 valence electrons. The number of hydrogen-bond donors (Lipinski definition) is 7. The van der Waals surface area contributed by atoms with Crippen LogP contribution in [0.25, 0.3) is 0 Å². The SMILES string of the molecule is CCCCCCC/C=C\C/C=C\C/C=C\CCCCCCCCCCCCC(=O)OC(COCCCCCCCCCCCCCCCCCCCCC)COC1OC(COC2OC(CO)C(O)C(O)C2O)C(O)C(O)C1O. The van der Waals surface area contributed by atoms with Gasteiger partial charge in [-0.25, -0.2) is 0 Å². The minimum atomic E-state index is -1.71. The first-order valence-electron chi connectivity index (χ1n) is 32.1. The van der Waals surface area contributed by atoms with Gasteiger partial charge in [-0.2, -0.15) is 0 Å². The minimum absolute atomic E-state index is 0.0639. The van der Waals surface area contributed by atoms with Crippen LogP contribution in [0.4, 0.5) is 0 Å². The molecule has 0 aromatic rings. The summed E-state index contributed by atoms with van der Waals surface area (Å²) in [4.78, 5) is 13.1. The predicted molar refractivity (Wildman–Crippen MR) is 312 cm³/mol. The summed E-state index contributed by atoms with van der Waals surface area (Å²) >= 11 is 0. The maximum absolute atomic E-state index is 13.1. The lowest BCUT2D eigenvalue weighted by Gasteiger charge is -2.42. The molecule has 2 heterocycles. The van der Waals surface area contributed by atoms with Crippen molar-refractivity contribution >= 4 is 5.97 Å². The number of ether oxygens (including phenoxy) is 6. The van der Waals surface area contributed by atoms with Crippen LogP contribution in [0.3, 0.4) is 0 Å². The number of hydrogen-bond acceptors (Lipinski definition) is 14. The summed E-state index contributed by atoms with van der Waals surface area (Å²) in [6.45, 7) is 3.73. The van der Waals surface area contributed by atoms with E-state index in [4.69, 9.17) is 28.4 Å². The molecular weight excluding hydrogens is 993 g/mol. The second-order valence-corrected chi connectivity index (χ2v) is 22.6. The molecule has 0 aliphatic carbocycles. The molecule has 7 N–H and O–H groups in total. The zero-order valence-electron chi connectivity index (χ0n) is 49.4.